The van der Waals surface area contributed by atoms with Crippen LogP contribution in [0.25, 0.3) is 0 Å². The van der Waals surface area contributed by atoms with Gasteiger partial charge in [-0.2, -0.15) is 0 Å². The fourth-order valence-electron chi connectivity index (χ4n) is 2.06. The highest BCUT2D eigenvalue weighted by molar-refractivity contribution is 9.11. The number of aryl methyl sites for hydroxylation is 1. The van der Waals surface area contributed by atoms with E-state index in [2.05, 4.69) is 31.9 Å². The molecule has 0 bridgehead atoms. The van der Waals surface area contributed by atoms with E-state index in [1.807, 2.05) is 19.1 Å². The second-order valence-electron chi connectivity index (χ2n) is 5.04. The maximum atomic E-state index is 12.0. The summed E-state index contributed by atoms with van der Waals surface area (Å²) in [6.45, 7) is 3.61. The highest BCUT2D eigenvalue weighted by atomic mass is 79.9. The van der Waals surface area contributed by atoms with E-state index in [1.54, 1.807) is 25.1 Å². The lowest BCUT2D eigenvalue weighted by molar-refractivity contribution is -0.136. The Kier molecular flexibility index (Phi) is 7.01. The Morgan fingerprint density at radius 3 is 2.56 bits per heavy atom. The van der Waals surface area contributed by atoms with Gasteiger partial charge in [0, 0.05) is 4.47 Å². The van der Waals surface area contributed by atoms with Crippen LogP contribution >= 0.6 is 31.9 Å². The number of halogens is 2. The van der Waals surface area contributed by atoms with Crippen LogP contribution < -0.4 is 9.47 Å². The predicted octanol–water partition coefficient (Wildman–Crippen LogP) is 4.68. The number of ether oxygens (including phenoxy) is 3. The lowest BCUT2D eigenvalue weighted by atomic mass is 10.2. The third kappa shape index (κ3) is 5.57. The zero-order valence-electron chi connectivity index (χ0n) is 13.7. The molecule has 0 aromatic heterocycles. The Morgan fingerprint density at radius 1 is 1.12 bits per heavy atom. The van der Waals surface area contributed by atoms with Crippen LogP contribution in [-0.2, 0) is 9.53 Å². The smallest absolute Gasteiger partial charge is 0.349 e. The van der Waals surface area contributed by atoms with Crippen molar-refractivity contribution in [2.24, 2.45) is 0 Å². The minimum absolute atomic E-state index is 0.255. The molecule has 2 rings (SSSR count). The van der Waals surface area contributed by atoms with Gasteiger partial charge in [0.15, 0.2) is 6.61 Å². The van der Waals surface area contributed by atoms with E-state index in [0.717, 1.165) is 14.5 Å². The third-order valence-electron chi connectivity index (χ3n) is 3.11. The van der Waals surface area contributed by atoms with E-state index in [1.165, 1.54) is 6.07 Å². The summed E-state index contributed by atoms with van der Waals surface area (Å²) in [5, 5.41) is 0. The van der Waals surface area contributed by atoms with Gasteiger partial charge in [-0.15, -0.1) is 0 Å². The van der Waals surface area contributed by atoms with E-state index in [-0.39, 0.29) is 19.0 Å². The van der Waals surface area contributed by atoms with Gasteiger partial charge in [0.2, 0.25) is 0 Å². The predicted molar refractivity (Wildman–Crippen MR) is 100 cm³/mol. The van der Waals surface area contributed by atoms with Gasteiger partial charge in [0.25, 0.3) is 0 Å². The van der Waals surface area contributed by atoms with Crippen LogP contribution in [-0.4, -0.2) is 25.2 Å². The molecule has 0 N–H and O–H groups in total. The molecule has 0 saturated carbocycles. The summed E-state index contributed by atoms with van der Waals surface area (Å²) in [5.74, 6) is -0.215. The molecule has 0 radical (unpaired) electrons. The van der Waals surface area contributed by atoms with Crippen LogP contribution in [0.4, 0.5) is 0 Å². The lowest BCUT2D eigenvalue weighted by Crippen LogP contribution is -2.18. The number of hydrogen-bond donors (Lipinski definition) is 0. The maximum Gasteiger partial charge on any atom is 0.349 e. The average Bonchev–Trinajstić information content (AvgIpc) is 2.54. The summed E-state index contributed by atoms with van der Waals surface area (Å²) < 4.78 is 17.3. The Labute approximate surface area is 162 Å². The van der Waals surface area contributed by atoms with Gasteiger partial charge < -0.3 is 14.2 Å². The fraction of sp³-hybridized carbons (Fsp3) is 0.222. The SMILES string of the molecule is CCOC(=O)c1cccc(OC(=O)COc2c(C)cc(Br)cc2Br)c1. The van der Waals surface area contributed by atoms with Crippen molar-refractivity contribution in [3.8, 4) is 11.5 Å². The van der Waals surface area contributed by atoms with Crippen molar-refractivity contribution < 1.29 is 23.8 Å². The van der Waals surface area contributed by atoms with Gasteiger partial charge in [-0.05, 0) is 65.7 Å². The van der Waals surface area contributed by atoms with Crippen molar-refractivity contribution in [2.45, 2.75) is 13.8 Å². The highest BCUT2D eigenvalue weighted by Crippen LogP contribution is 2.32. The van der Waals surface area contributed by atoms with Crippen molar-refractivity contribution in [1.82, 2.24) is 0 Å². The van der Waals surface area contributed by atoms with Crippen LogP contribution in [0.1, 0.15) is 22.8 Å². The number of benzene rings is 2. The first-order valence-corrected chi connectivity index (χ1v) is 9.05. The van der Waals surface area contributed by atoms with Crippen molar-refractivity contribution >= 4 is 43.8 Å². The molecule has 7 heteroatoms. The third-order valence-corrected chi connectivity index (χ3v) is 4.15. The molecule has 0 spiro atoms. The second kappa shape index (κ2) is 9.01. The first kappa shape index (κ1) is 19.5. The number of rotatable bonds is 6. The molecule has 2 aromatic rings. The lowest BCUT2D eigenvalue weighted by Gasteiger charge is -2.11. The normalized spacial score (nSPS) is 10.2. The standard InChI is InChI=1S/C18H16Br2O5/c1-3-23-18(22)12-5-4-6-14(8-12)25-16(21)10-24-17-11(2)7-13(19)9-15(17)20/h4-9H,3,10H2,1-2H3. The molecular weight excluding hydrogens is 456 g/mol. The van der Waals surface area contributed by atoms with Gasteiger partial charge in [-0.25, -0.2) is 9.59 Å². The molecule has 0 atom stereocenters. The van der Waals surface area contributed by atoms with E-state index >= 15 is 0 Å². The molecule has 2 aromatic carbocycles. The zero-order valence-corrected chi connectivity index (χ0v) is 16.8. The molecule has 0 unspecified atom stereocenters. The van der Waals surface area contributed by atoms with Crippen molar-refractivity contribution in [3.63, 3.8) is 0 Å². The second-order valence-corrected chi connectivity index (χ2v) is 6.81. The van der Waals surface area contributed by atoms with Crippen LogP contribution in [0.15, 0.2) is 45.3 Å². The van der Waals surface area contributed by atoms with Crippen LogP contribution in [0, 0.1) is 6.92 Å². The van der Waals surface area contributed by atoms with Crippen LogP contribution in [0.5, 0.6) is 11.5 Å². The summed E-state index contributed by atoms with van der Waals surface area (Å²) in [6.07, 6.45) is 0. The maximum absolute atomic E-state index is 12.0. The van der Waals surface area contributed by atoms with Gasteiger partial charge in [0.05, 0.1) is 16.6 Å². The Balaban J connectivity index is 1.99. The van der Waals surface area contributed by atoms with Gasteiger partial charge in [0.1, 0.15) is 11.5 Å². The number of esters is 2. The zero-order chi connectivity index (χ0) is 18.4. The Morgan fingerprint density at radius 2 is 1.88 bits per heavy atom. The Bertz CT molecular complexity index is 766. The van der Waals surface area contributed by atoms with Crippen molar-refractivity contribution in [2.75, 3.05) is 13.2 Å². The Hall–Kier alpha value is -1.86. The molecule has 5 nitrogen and oxygen atoms in total. The molecule has 0 saturated heterocycles. The van der Waals surface area contributed by atoms with E-state index in [9.17, 15) is 9.59 Å². The van der Waals surface area contributed by atoms with Gasteiger partial charge >= 0.3 is 11.9 Å². The van der Waals surface area contributed by atoms with Crippen molar-refractivity contribution in [3.05, 3.63) is 56.5 Å². The largest absolute Gasteiger partial charge is 0.480 e. The monoisotopic (exact) mass is 470 g/mol. The van der Waals surface area contributed by atoms with E-state index in [0.29, 0.717) is 11.3 Å². The minimum atomic E-state index is -0.574. The van der Waals surface area contributed by atoms with Crippen LogP contribution in [0.3, 0.4) is 0 Å². The molecule has 0 aliphatic heterocycles. The highest BCUT2D eigenvalue weighted by Gasteiger charge is 2.13. The van der Waals surface area contributed by atoms with E-state index < -0.39 is 11.9 Å². The number of hydrogen-bond acceptors (Lipinski definition) is 5. The molecule has 25 heavy (non-hydrogen) atoms. The first-order valence-electron chi connectivity index (χ1n) is 7.47. The van der Waals surface area contributed by atoms with Crippen molar-refractivity contribution in [1.29, 1.82) is 0 Å². The van der Waals surface area contributed by atoms with Gasteiger partial charge in [-0.1, -0.05) is 22.0 Å². The average molecular weight is 472 g/mol. The quantitative estimate of drug-likeness (QED) is 0.452. The number of carbonyl (C=O) groups excluding carboxylic acids is 2. The molecule has 0 aliphatic carbocycles. The summed E-state index contributed by atoms with van der Waals surface area (Å²) in [4.78, 5) is 23.7. The first-order chi connectivity index (χ1) is 11.9. The fourth-order valence-corrected chi connectivity index (χ4v) is 3.62. The van der Waals surface area contributed by atoms with Gasteiger partial charge in [-0.3, -0.25) is 0 Å². The van der Waals surface area contributed by atoms with E-state index in [4.69, 9.17) is 14.2 Å². The van der Waals surface area contributed by atoms with Crippen LogP contribution in [0.2, 0.25) is 0 Å². The number of carbonyl (C=O) groups is 2. The molecular formula is C18H16Br2O5. The summed E-state index contributed by atoms with van der Waals surface area (Å²) >= 11 is 6.78. The topological polar surface area (TPSA) is 61.8 Å². The molecule has 0 fully saturated rings. The molecule has 0 amide bonds. The molecule has 0 heterocycles. The molecule has 132 valence electrons. The summed E-state index contributed by atoms with van der Waals surface area (Å²) in [5.41, 5.74) is 1.19. The summed E-state index contributed by atoms with van der Waals surface area (Å²) in [6, 6.07) is 9.96. The summed E-state index contributed by atoms with van der Waals surface area (Å²) in [7, 11) is 0. The molecule has 0 aliphatic rings. The minimum Gasteiger partial charge on any atom is -0.480 e.